The van der Waals surface area contributed by atoms with Gasteiger partial charge < -0.3 is 10.4 Å². The van der Waals surface area contributed by atoms with Gasteiger partial charge >= 0.3 is 5.97 Å². The largest absolute Gasteiger partial charge is 0.481 e. The maximum absolute atomic E-state index is 13.0. The van der Waals surface area contributed by atoms with Crippen molar-refractivity contribution in [3.63, 3.8) is 0 Å². The molecule has 5 heteroatoms. The molecular formula is C12H13F2NO2. The van der Waals surface area contributed by atoms with E-state index in [4.69, 9.17) is 0 Å². The topological polar surface area (TPSA) is 49.3 Å². The molecule has 1 fully saturated rings. The Morgan fingerprint density at radius 1 is 1.35 bits per heavy atom. The number of benzene rings is 1. The van der Waals surface area contributed by atoms with Crippen LogP contribution in [0.2, 0.25) is 0 Å². The quantitative estimate of drug-likeness (QED) is 0.844. The van der Waals surface area contributed by atoms with Crippen molar-refractivity contribution in [1.29, 1.82) is 0 Å². The molecule has 0 aromatic heterocycles. The van der Waals surface area contributed by atoms with Crippen LogP contribution in [0.15, 0.2) is 18.2 Å². The van der Waals surface area contributed by atoms with Crippen molar-refractivity contribution < 1.29 is 18.7 Å². The van der Waals surface area contributed by atoms with Gasteiger partial charge in [-0.1, -0.05) is 0 Å². The summed E-state index contributed by atoms with van der Waals surface area (Å²) in [4.78, 5) is 11.3. The third-order valence-corrected chi connectivity index (χ3v) is 3.16. The minimum absolute atomic E-state index is 0.143. The number of aliphatic carboxylic acids is 1. The van der Waals surface area contributed by atoms with E-state index in [2.05, 4.69) is 5.32 Å². The number of carboxylic acid groups (broad SMARTS) is 1. The minimum Gasteiger partial charge on any atom is -0.481 e. The van der Waals surface area contributed by atoms with E-state index < -0.39 is 23.0 Å². The second-order valence-electron chi connectivity index (χ2n) is 4.47. The standard InChI is InChI=1S/C12H13F2NO2/c13-9-3-8(4-10(14)5-9)6-12(11(16)17)1-2-15-7-12/h3-5,15H,1-2,6-7H2,(H,16,17). The molecule has 0 bridgehead atoms. The first-order valence-corrected chi connectivity index (χ1v) is 5.41. The lowest BCUT2D eigenvalue weighted by atomic mass is 9.81. The SMILES string of the molecule is O=C(O)C1(Cc2cc(F)cc(F)c2)CCNC1. The van der Waals surface area contributed by atoms with Crippen molar-refractivity contribution >= 4 is 5.97 Å². The molecule has 0 saturated carbocycles. The molecule has 1 aromatic carbocycles. The lowest BCUT2D eigenvalue weighted by Crippen LogP contribution is -2.35. The van der Waals surface area contributed by atoms with Gasteiger partial charge in [-0.25, -0.2) is 8.78 Å². The van der Waals surface area contributed by atoms with Crippen LogP contribution in [0.1, 0.15) is 12.0 Å². The van der Waals surface area contributed by atoms with E-state index in [9.17, 15) is 18.7 Å². The van der Waals surface area contributed by atoms with Crippen molar-refractivity contribution in [1.82, 2.24) is 5.32 Å². The zero-order valence-corrected chi connectivity index (χ0v) is 9.17. The maximum atomic E-state index is 13.0. The van der Waals surface area contributed by atoms with Gasteiger partial charge in [-0.3, -0.25) is 4.79 Å². The Morgan fingerprint density at radius 2 is 2.00 bits per heavy atom. The first-order chi connectivity index (χ1) is 8.02. The summed E-state index contributed by atoms with van der Waals surface area (Å²) in [5.41, 5.74) is -0.561. The van der Waals surface area contributed by atoms with E-state index in [0.29, 0.717) is 25.1 Å². The third-order valence-electron chi connectivity index (χ3n) is 3.16. The highest BCUT2D eigenvalue weighted by molar-refractivity contribution is 5.76. The van der Waals surface area contributed by atoms with Crippen molar-refractivity contribution in [2.24, 2.45) is 5.41 Å². The molecule has 17 heavy (non-hydrogen) atoms. The normalized spacial score (nSPS) is 23.9. The van der Waals surface area contributed by atoms with Gasteiger partial charge in [0.2, 0.25) is 0 Å². The van der Waals surface area contributed by atoms with Crippen LogP contribution >= 0.6 is 0 Å². The molecule has 1 saturated heterocycles. The molecule has 1 aliphatic heterocycles. The maximum Gasteiger partial charge on any atom is 0.311 e. The third kappa shape index (κ3) is 2.44. The average Bonchev–Trinajstić information content (AvgIpc) is 2.65. The van der Waals surface area contributed by atoms with E-state index in [0.717, 1.165) is 6.07 Å². The summed E-state index contributed by atoms with van der Waals surface area (Å²) in [7, 11) is 0. The second kappa shape index (κ2) is 4.41. The number of nitrogens with one attached hydrogen (secondary N) is 1. The smallest absolute Gasteiger partial charge is 0.311 e. The van der Waals surface area contributed by atoms with E-state index in [-0.39, 0.29) is 6.42 Å². The highest BCUT2D eigenvalue weighted by Crippen LogP contribution is 2.30. The van der Waals surface area contributed by atoms with Gasteiger partial charge in [-0.05, 0) is 37.1 Å². The zero-order valence-electron chi connectivity index (χ0n) is 9.17. The number of hydrogen-bond acceptors (Lipinski definition) is 2. The Hall–Kier alpha value is -1.49. The van der Waals surface area contributed by atoms with Gasteiger partial charge in [-0.2, -0.15) is 0 Å². The monoisotopic (exact) mass is 241 g/mol. The van der Waals surface area contributed by atoms with E-state index in [1.54, 1.807) is 0 Å². The fourth-order valence-corrected chi connectivity index (χ4v) is 2.26. The molecule has 1 aliphatic rings. The zero-order chi connectivity index (χ0) is 12.5. The van der Waals surface area contributed by atoms with Crippen molar-refractivity contribution in [2.75, 3.05) is 13.1 Å². The number of carboxylic acids is 1. The number of hydrogen-bond donors (Lipinski definition) is 2. The first kappa shape index (κ1) is 12.0. The molecule has 2 N–H and O–H groups in total. The predicted molar refractivity (Wildman–Crippen MR) is 57.6 cm³/mol. The summed E-state index contributed by atoms with van der Waals surface area (Å²) in [6, 6.07) is 3.15. The van der Waals surface area contributed by atoms with E-state index in [1.165, 1.54) is 12.1 Å². The minimum atomic E-state index is -0.944. The summed E-state index contributed by atoms with van der Waals surface area (Å²) in [6.45, 7) is 0.949. The molecule has 1 unspecified atom stereocenters. The van der Waals surface area contributed by atoms with Crippen molar-refractivity contribution in [3.05, 3.63) is 35.4 Å². The first-order valence-electron chi connectivity index (χ1n) is 5.41. The van der Waals surface area contributed by atoms with Crippen LogP contribution in [0.25, 0.3) is 0 Å². The molecule has 0 spiro atoms. The predicted octanol–water partition coefficient (Wildman–Crippen LogP) is 1.57. The number of halogens is 2. The van der Waals surface area contributed by atoms with Crippen LogP contribution in [-0.2, 0) is 11.2 Å². The number of rotatable bonds is 3. The van der Waals surface area contributed by atoms with Gasteiger partial charge in [0.1, 0.15) is 11.6 Å². The Morgan fingerprint density at radius 3 is 2.47 bits per heavy atom. The van der Waals surface area contributed by atoms with Crippen molar-refractivity contribution in [3.8, 4) is 0 Å². The van der Waals surface area contributed by atoms with Crippen molar-refractivity contribution in [2.45, 2.75) is 12.8 Å². The lowest BCUT2D eigenvalue weighted by molar-refractivity contribution is -0.147. The summed E-state index contributed by atoms with van der Waals surface area (Å²) >= 11 is 0. The molecule has 3 nitrogen and oxygen atoms in total. The second-order valence-corrected chi connectivity index (χ2v) is 4.47. The van der Waals surface area contributed by atoms with Gasteiger partial charge in [0.15, 0.2) is 0 Å². The molecule has 0 radical (unpaired) electrons. The van der Waals surface area contributed by atoms with Crippen LogP contribution < -0.4 is 5.32 Å². The van der Waals surface area contributed by atoms with Gasteiger partial charge in [0, 0.05) is 12.6 Å². The molecule has 1 aromatic rings. The summed E-state index contributed by atoms with van der Waals surface area (Å²) in [6.07, 6.45) is 0.616. The Kier molecular flexibility index (Phi) is 3.11. The fourth-order valence-electron chi connectivity index (χ4n) is 2.26. The summed E-state index contributed by atoms with van der Waals surface area (Å²) < 4.78 is 26.0. The van der Waals surface area contributed by atoms with Crippen LogP contribution in [0, 0.1) is 17.0 Å². The van der Waals surface area contributed by atoms with Gasteiger partial charge in [0.25, 0.3) is 0 Å². The molecule has 1 atom stereocenters. The highest BCUT2D eigenvalue weighted by atomic mass is 19.1. The Balaban J connectivity index is 2.26. The Labute approximate surface area is 97.5 Å². The van der Waals surface area contributed by atoms with Crippen LogP contribution in [0.5, 0.6) is 0 Å². The lowest BCUT2D eigenvalue weighted by Gasteiger charge is -2.22. The molecule has 92 valence electrons. The van der Waals surface area contributed by atoms with Crippen LogP contribution in [-0.4, -0.2) is 24.2 Å². The average molecular weight is 241 g/mol. The molecule has 0 aliphatic carbocycles. The molecule has 1 heterocycles. The molecule has 0 amide bonds. The summed E-state index contributed by atoms with van der Waals surface area (Å²) in [5, 5.41) is 12.2. The fraction of sp³-hybridized carbons (Fsp3) is 0.417. The van der Waals surface area contributed by atoms with Crippen LogP contribution in [0.3, 0.4) is 0 Å². The van der Waals surface area contributed by atoms with Gasteiger partial charge in [0.05, 0.1) is 5.41 Å². The van der Waals surface area contributed by atoms with Gasteiger partial charge in [-0.15, -0.1) is 0 Å². The van der Waals surface area contributed by atoms with Crippen LogP contribution in [0.4, 0.5) is 8.78 Å². The number of carbonyl (C=O) groups is 1. The Bertz CT molecular complexity index is 422. The summed E-state index contributed by atoms with van der Waals surface area (Å²) in [5.74, 6) is -2.27. The molecular weight excluding hydrogens is 228 g/mol. The van der Waals surface area contributed by atoms with E-state index in [1.807, 2.05) is 0 Å². The molecule has 2 rings (SSSR count). The van der Waals surface area contributed by atoms with E-state index >= 15 is 0 Å². The highest BCUT2D eigenvalue weighted by Gasteiger charge is 2.41.